The Balaban J connectivity index is 1.68. The Labute approximate surface area is 324 Å². The molecule has 0 saturated carbocycles. The second-order valence-corrected chi connectivity index (χ2v) is 24.0. The van der Waals surface area contributed by atoms with Crippen molar-refractivity contribution in [3.8, 4) is 0 Å². The molecule has 0 spiro atoms. The van der Waals surface area contributed by atoms with Crippen LogP contribution in [0.15, 0.2) is 237 Å². The zero-order chi connectivity index (χ0) is 36.4. The second-order valence-electron chi connectivity index (χ2n) is 13.0. The third-order valence-corrected chi connectivity index (χ3v) is 24.8. The molecule has 0 saturated heterocycles. The minimum atomic E-state index is -2.58. The van der Waals surface area contributed by atoms with Crippen molar-refractivity contribution in [3.05, 3.63) is 242 Å². The Kier molecular flexibility index (Phi) is 11.8. The molecule has 0 heterocycles. The first-order chi connectivity index (χ1) is 26.8. The van der Waals surface area contributed by atoms with E-state index in [-0.39, 0.29) is 0 Å². The van der Waals surface area contributed by atoms with Crippen LogP contribution in [-0.2, 0) is 0 Å². The van der Waals surface area contributed by atoms with Crippen molar-refractivity contribution >= 4 is 77.7 Å². The van der Waals surface area contributed by atoms with Gasteiger partial charge in [0.15, 0.2) is 0 Å². The molecule has 7 aromatic rings. The van der Waals surface area contributed by atoms with Crippen LogP contribution < -0.4 is 37.1 Å². The van der Waals surface area contributed by atoms with Gasteiger partial charge in [-0.3, -0.25) is 0 Å². The fraction of sp³-hybridized carbons (Fsp3) is 0.0200. The summed E-state index contributed by atoms with van der Waals surface area (Å²) >= 11 is 0. The molecule has 54 heavy (non-hydrogen) atoms. The van der Waals surface area contributed by atoms with Crippen LogP contribution in [0.3, 0.4) is 0 Å². The molecule has 0 aromatic heterocycles. The van der Waals surface area contributed by atoms with Crippen LogP contribution in [0.5, 0.6) is 0 Å². The molecule has 0 radical (unpaired) electrons. The second kappa shape index (κ2) is 17.6. The molecule has 262 valence electrons. The van der Waals surface area contributed by atoms with E-state index in [2.05, 4.69) is 242 Å². The van der Waals surface area contributed by atoms with Gasteiger partial charge >= 0.3 is 0 Å². The smallest absolute Gasteiger partial charge is 0.142 e. The van der Waals surface area contributed by atoms with Gasteiger partial charge in [0.2, 0.25) is 0 Å². The van der Waals surface area contributed by atoms with E-state index in [9.17, 15) is 0 Å². The average molecular weight is 767 g/mol. The molecule has 0 bridgehead atoms. The van der Waals surface area contributed by atoms with Crippen molar-refractivity contribution in [2.75, 3.05) is 0 Å². The molecule has 4 heteroatoms. The Morgan fingerprint density at radius 2 is 0.741 bits per heavy atom. The number of rotatable bonds is 11. The minimum Gasteiger partial charge on any atom is -0.183 e. The molecule has 1 atom stereocenters. The van der Waals surface area contributed by atoms with E-state index >= 15 is 0 Å². The van der Waals surface area contributed by atoms with Gasteiger partial charge in [0.05, 0.1) is 0 Å². The van der Waals surface area contributed by atoms with Crippen molar-refractivity contribution in [1.82, 2.24) is 0 Å². The van der Waals surface area contributed by atoms with Gasteiger partial charge in [-0.05, 0) is 59.8 Å². The number of hydrogen-bond acceptors (Lipinski definition) is 0. The van der Waals surface area contributed by atoms with Crippen LogP contribution in [0.25, 0.3) is 0 Å². The molecular formula is C50H42P4. The van der Waals surface area contributed by atoms with E-state index in [4.69, 9.17) is 0 Å². The van der Waals surface area contributed by atoms with E-state index in [0.717, 1.165) is 6.42 Å². The number of hydrogen-bond donors (Lipinski definition) is 0. The monoisotopic (exact) mass is 766 g/mol. The highest BCUT2D eigenvalue weighted by Crippen LogP contribution is 2.66. The van der Waals surface area contributed by atoms with Gasteiger partial charge in [-0.1, -0.05) is 200 Å². The number of allylic oxidation sites excluding steroid dienone is 4. The van der Waals surface area contributed by atoms with E-state index in [1.807, 2.05) is 0 Å². The molecular weight excluding hydrogens is 724 g/mol. The highest BCUT2D eigenvalue weighted by molar-refractivity contribution is 8.30. The third kappa shape index (κ3) is 7.73. The van der Waals surface area contributed by atoms with Gasteiger partial charge in [0, 0.05) is 17.3 Å². The highest BCUT2D eigenvalue weighted by Gasteiger charge is 2.40. The van der Waals surface area contributed by atoms with Crippen LogP contribution in [0, 0.1) is 5.66 Å². The topological polar surface area (TPSA) is 0 Å². The summed E-state index contributed by atoms with van der Waals surface area (Å²) in [7, 11) is -2.95. The van der Waals surface area contributed by atoms with Crippen LogP contribution in [-0.4, -0.2) is 10.3 Å². The summed E-state index contributed by atoms with van der Waals surface area (Å²) < 4.78 is 1.65. The van der Waals surface area contributed by atoms with E-state index in [0.29, 0.717) is 0 Å². The van der Waals surface area contributed by atoms with Gasteiger partial charge < -0.3 is 0 Å². The Morgan fingerprint density at radius 1 is 0.426 bits per heavy atom. The maximum absolute atomic E-state index is 2.90. The van der Waals surface area contributed by atoms with E-state index in [1.54, 1.807) is 4.78 Å². The predicted octanol–water partition coefficient (Wildman–Crippen LogP) is 10.6. The number of benzene rings is 7. The summed E-state index contributed by atoms with van der Waals surface area (Å²) in [6, 6.07) is 80.0. The van der Waals surface area contributed by atoms with Crippen molar-refractivity contribution in [1.29, 1.82) is 0 Å². The SMILES string of the molecule is C1=C[C-]([P+](=CP(=C(P(c2ccccc2)c2ccccc2)P(c2ccccc2)c2ccccc2)(c2ccccc2)c2ccccc2)c2ccccc2)C=CC1. The average Bonchev–Trinajstić information content (AvgIpc) is 3.27. The lowest BCUT2D eigenvalue weighted by Gasteiger charge is -2.38. The molecule has 1 aliphatic carbocycles. The van der Waals surface area contributed by atoms with Gasteiger partial charge in [0.25, 0.3) is 0 Å². The lowest BCUT2D eigenvalue weighted by atomic mass is 10.2. The quantitative estimate of drug-likeness (QED) is 0.0909. The first kappa shape index (κ1) is 36.2. The van der Waals surface area contributed by atoms with Crippen molar-refractivity contribution in [2.45, 2.75) is 6.42 Å². The molecule has 7 aromatic carbocycles. The van der Waals surface area contributed by atoms with E-state index in [1.165, 1.54) is 42.8 Å². The van der Waals surface area contributed by atoms with Crippen molar-refractivity contribution in [2.24, 2.45) is 0 Å². The van der Waals surface area contributed by atoms with Gasteiger partial charge in [0.1, 0.15) is 18.4 Å². The van der Waals surface area contributed by atoms with Crippen LogP contribution in [0.1, 0.15) is 6.42 Å². The van der Waals surface area contributed by atoms with Crippen molar-refractivity contribution < 1.29 is 0 Å². The normalized spacial score (nSPS) is 13.0. The molecule has 0 N–H and O–H groups in total. The zero-order valence-electron chi connectivity index (χ0n) is 30.1. The molecule has 1 aliphatic rings. The minimum absolute atomic E-state index is 0.899. The lowest BCUT2D eigenvalue weighted by molar-refractivity contribution is 1.33. The molecule has 0 nitrogen and oxygen atoms in total. The van der Waals surface area contributed by atoms with Crippen LogP contribution in [0.2, 0.25) is 0 Å². The summed E-state index contributed by atoms with van der Waals surface area (Å²) in [6.45, 7) is -2.58. The van der Waals surface area contributed by atoms with Crippen LogP contribution >= 0.6 is 30.3 Å². The Bertz CT molecular complexity index is 2170. The first-order valence-electron chi connectivity index (χ1n) is 18.4. The molecule has 8 rings (SSSR count). The van der Waals surface area contributed by atoms with Gasteiger partial charge in [-0.2, -0.15) is 12.2 Å². The predicted molar refractivity (Wildman–Crippen MR) is 247 cm³/mol. The van der Waals surface area contributed by atoms with Gasteiger partial charge in [-0.25, -0.2) is 0 Å². The van der Waals surface area contributed by atoms with Crippen LogP contribution in [0.4, 0.5) is 0 Å². The molecule has 0 amide bonds. The Morgan fingerprint density at radius 3 is 1.09 bits per heavy atom. The summed E-state index contributed by atoms with van der Waals surface area (Å²) in [5.74, 6) is 0. The summed E-state index contributed by atoms with van der Waals surface area (Å²) in [6.07, 6.45) is 10.4. The fourth-order valence-corrected chi connectivity index (χ4v) is 26.2. The summed E-state index contributed by atoms with van der Waals surface area (Å²) in [5, 5.41) is 9.70. The molecule has 0 aliphatic heterocycles. The third-order valence-electron chi connectivity index (χ3n) is 9.55. The van der Waals surface area contributed by atoms with E-state index < -0.39 is 30.3 Å². The summed E-state index contributed by atoms with van der Waals surface area (Å²) in [5.41, 5.74) is 4.29. The first-order valence-corrected chi connectivity index (χ1v) is 24.4. The highest BCUT2D eigenvalue weighted by atomic mass is 31.2. The maximum Gasteiger partial charge on any atom is 0.142 e. The molecule has 1 unspecified atom stereocenters. The Hall–Kier alpha value is -4.78. The zero-order valence-corrected chi connectivity index (χ0v) is 33.7. The summed E-state index contributed by atoms with van der Waals surface area (Å²) in [4.78, 5) is 0. The maximum atomic E-state index is 2.90. The van der Waals surface area contributed by atoms with Crippen molar-refractivity contribution in [3.63, 3.8) is 0 Å². The molecule has 0 fully saturated rings. The standard InChI is InChI=1S/C50H42P4/c1-9-25-42(26-10-1)51(43-27-11-2-12-28-43)41-54(48-37-21-7-22-38-48,49-39-23-8-24-40-49)50(52(44-29-13-3-14-30-44)45-31-15-4-16-32-45)53(46-33-17-5-18-34-46)47-35-19-6-20-36-47/h1,3-41H,2H2. The van der Waals surface area contributed by atoms with Gasteiger partial charge in [-0.15, -0.1) is 18.6 Å². The fourth-order valence-electron chi connectivity index (χ4n) is 7.09. The lowest BCUT2D eigenvalue weighted by Crippen LogP contribution is -2.31. The largest absolute Gasteiger partial charge is 0.183 e.